The summed E-state index contributed by atoms with van der Waals surface area (Å²) in [4.78, 5) is 0. The Balaban J connectivity index is 2.01. The molecule has 19 nitrogen and oxygen atoms in total. The van der Waals surface area contributed by atoms with Gasteiger partial charge in [0.2, 0.25) is 0 Å². The molecule has 3 fully saturated rings. The maximum Gasteiger partial charge on any atom is 0.187 e. The van der Waals surface area contributed by atoms with E-state index in [1.807, 2.05) is 13.8 Å². The topological polar surface area (TPSA) is 175 Å². The minimum absolute atomic E-state index is 0.162. The van der Waals surface area contributed by atoms with Crippen LogP contribution in [0.15, 0.2) is 0 Å². The van der Waals surface area contributed by atoms with E-state index in [2.05, 4.69) is 0 Å². The van der Waals surface area contributed by atoms with E-state index < -0.39 is 117 Å². The third-order valence-corrected chi connectivity index (χ3v) is 10.8. The Bertz CT molecular complexity index is 1050. The molecule has 0 aromatic rings. The number of hydrogen-bond donors (Lipinski definition) is 0. The van der Waals surface area contributed by atoms with Crippen LogP contribution in [-0.4, -0.2) is 229 Å². The van der Waals surface area contributed by atoms with Crippen LogP contribution in [0.3, 0.4) is 0 Å². The summed E-state index contributed by atoms with van der Waals surface area (Å²) in [7, 11) is 20.4. The molecule has 0 radical (unpaired) electrons. The second kappa shape index (κ2) is 25.1. The molecule has 0 unspecified atom stereocenters. The highest BCUT2D eigenvalue weighted by Crippen LogP contribution is 2.37. The molecule has 0 aliphatic carbocycles. The lowest BCUT2D eigenvalue weighted by Gasteiger charge is -2.51. The van der Waals surface area contributed by atoms with Crippen molar-refractivity contribution in [3.63, 3.8) is 0 Å². The summed E-state index contributed by atoms with van der Waals surface area (Å²) in [5, 5.41) is 0. The van der Waals surface area contributed by atoms with E-state index in [1.54, 1.807) is 85.3 Å². The Hall–Kier alpha value is -0.760. The second-order valence-corrected chi connectivity index (χ2v) is 13.8. The van der Waals surface area contributed by atoms with E-state index >= 15 is 0 Å². The SMILES string of the molecule is COC[C@H](OC)[C@H](OC)[C@@H](O[C@@H]1O[C@@H](C)[C@@H](O[C@H]2O[C@H](COC)[C@@H](OC)[C@H](OC)[C@H]2O[C@H]2O[C@H](COC)[C@H](OC)[C@H](OC)[C@H]2OC)[C@@H](OC)[C@@H]1OC)[C@H](C)OC. The summed E-state index contributed by atoms with van der Waals surface area (Å²) in [6, 6.07) is 0. The number of hydrogen-bond acceptors (Lipinski definition) is 19. The van der Waals surface area contributed by atoms with Gasteiger partial charge in [-0.2, -0.15) is 0 Å². The fourth-order valence-corrected chi connectivity index (χ4v) is 7.87. The summed E-state index contributed by atoms with van der Waals surface area (Å²) in [5.41, 5.74) is 0. The summed E-state index contributed by atoms with van der Waals surface area (Å²) < 4.78 is 115. The van der Waals surface area contributed by atoms with Gasteiger partial charge in [0.25, 0.3) is 0 Å². The van der Waals surface area contributed by atoms with Crippen molar-refractivity contribution < 1.29 is 90.0 Å². The maximum absolute atomic E-state index is 6.87. The number of ether oxygens (including phenoxy) is 19. The van der Waals surface area contributed by atoms with E-state index in [0.29, 0.717) is 0 Å². The highest BCUT2D eigenvalue weighted by Gasteiger charge is 2.56. The lowest BCUT2D eigenvalue weighted by molar-refractivity contribution is -0.395. The van der Waals surface area contributed by atoms with Crippen molar-refractivity contribution >= 4 is 0 Å². The molecule has 3 heterocycles. The van der Waals surface area contributed by atoms with Crippen molar-refractivity contribution in [1.82, 2.24) is 0 Å². The van der Waals surface area contributed by atoms with E-state index in [0.717, 1.165) is 0 Å². The first kappa shape index (κ1) is 49.6. The highest BCUT2D eigenvalue weighted by molar-refractivity contribution is 4.99. The van der Waals surface area contributed by atoms with Crippen LogP contribution in [0, 0.1) is 0 Å². The molecule has 0 N–H and O–H groups in total. The Labute approximate surface area is 332 Å². The zero-order valence-electron chi connectivity index (χ0n) is 35.8. The Morgan fingerprint density at radius 3 is 1.30 bits per heavy atom. The van der Waals surface area contributed by atoms with Crippen LogP contribution in [0.25, 0.3) is 0 Å². The van der Waals surface area contributed by atoms with Gasteiger partial charge in [-0.1, -0.05) is 0 Å². The average Bonchev–Trinajstić information content (AvgIpc) is 3.20. The zero-order chi connectivity index (χ0) is 41.5. The minimum Gasteiger partial charge on any atom is -0.382 e. The molecular formula is C37H70O19. The first-order valence-corrected chi connectivity index (χ1v) is 18.7. The number of methoxy groups -OCH3 is 13. The van der Waals surface area contributed by atoms with E-state index in [-0.39, 0.29) is 19.8 Å². The third-order valence-electron chi connectivity index (χ3n) is 10.8. The molecule has 0 bridgehead atoms. The largest absolute Gasteiger partial charge is 0.382 e. The van der Waals surface area contributed by atoms with Gasteiger partial charge in [0.05, 0.1) is 32.0 Å². The fraction of sp³-hybridized carbons (Fsp3) is 1.00. The Morgan fingerprint density at radius 1 is 0.429 bits per heavy atom. The second-order valence-electron chi connectivity index (χ2n) is 13.8. The molecule has 0 aromatic heterocycles. The van der Waals surface area contributed by atoms with Crippen molar-refractivity contribution in [2.45, 2.75) is 130 Å². The molecule has 0 spiro atoms. The van der Waals surface area contributed by atoms with Crippen molar-refractivity contribution in [3.8, 4) is 0 Å². The predicted molar refractivity (Wildman–Crippen MR) is 196 cm³/mol. The molecule has 19 heteroatoms. The average molecular weight is 819 g/mol. The van der Waals surface area contributed by atoms with Gasteiger partial charge in [-0.05, 0) is 13.8 Å². The van der Waals surface area contributed by atoms with E-state index in [4.69, 9.17) is 90.0 Å². The molecule has 0 saturated carbocycles. The normalized spacial score (nSPS) is 38.9. The van der Waals surface area contributed by atoms with Crippen LogP contribution in [0.4, 0.5) is 0 Å². The van der Waals surface area contributed by atoms with Crippen LogP contribution in [0.2, 0.25) is 0 Å². The lowest BCUT2D eigenvalue weighted by Crippen LogP contribution is -2.68. The molecule has 56 heavy (non-hydrogen) atoms. The van der Waals surface area contributed by atoms with Gasteiger partial charge in [-0.25, -0.2) is 0 Å². The maximum atomic E-state index is 6.87. The Kier molecular flexibility index (Phi) is 22.2. The molecule has 19 atom stereocenters. The lowest BCUT2D eigenvalue weighted by atomic mass is 9.95. The van der Waals surface area contributed by atoms with Crippen molar-refractivity contribution in [3.05, 3.63) is 0 Å². The summed E-state index contributed by atoms with van der Waals surface area (Å²) in [5.74, 6) is 0. The molecular weight excluding hydrogens is 748 g/mol. The van der Waals surface area contributed by atoms with Crippen LogP contribution >= 0.6 is 0 Å². The fourth-order valence-electron chi connectivity index (χ4n) is 7.87. The molecule has 0 aromatic carbocycles. The molecule has 0 amide bonds. The monoisotopic (exact) mass is 818 g/mol. The van der Waals surface area contributed by atoms with E-state index in [9.17, 15) is 0 Å². The molecule has 332 valence electrons. The van der Waals surface area contributed by atoms with Crippen molar-refractivity contribution in [2.24, 2.45) is 0 Å². The van der Waals surface area contributed by atoms with Crippen LogP contribution < -0.4 is 0 Å². The summed E-state index contributed by atoms with van der Waals surface area (Å²) in [6.45, 7) is 4.32. The molecule has 3 aliphatic heterocycles. The van der Waals surface area contributed by atoms with Crippen molar-refractivity contribution in [1.29, 1.82) is 0 Å². The molecule has 3 aliphatic rings. The van der Waals surface area contributed by atoms with Gasteiger partial charge in [-0.3, -0.25) is 0 Å². The van der Waals surface area contributed by atoms with Gasteiger partial charge < -0.3 is 90.0 Å². The van der Waals surface area contributed by atoms with Crippen LogP contribution in [0.5, 0.6) is 0 Å². The predicted octanol–water partition coefficient (Wildman–Crippen LogP) is 0.446. The smallest absolute Gasteiger partial charge is 0.187 e. The van der Waals surface area contributed by atoms with E-state index in [1.165, 1.54) is 7.11 Å². The van der Waals surface area contributed by atoms with Gasteiger partial charge in [0, 0.05) is 92.4 Å². The molecule has 3 rings (SSSR count). The van der Waals surface area contributed by atoms with Crippen molar-refractivity contribution in [2.75, 3.05) is 112 Å². The Morgan fingerprint density at radius 2 is 0.875 bits per heavy atom. The van der Waals surface area contributed by atoms with Gasteiger partial charge >= 0.3 is 0 Å². The zero-order valence-corrected chi connectivity index (χ0v) is 35.8. The summed E-state index contributed by atoms with van der Waals surface area (Å²) in [6.07, 6.45) is -13.7. The third kappa shape index (κ3) is 11.5. The highest BCUT2D eigenvalue weighted by atomic mass is 16.8. The minimum atomic E-state index is -1.12. The first-order valence-electron chi connectivity index (χ1n) is 18.7. The molecule has 3 saturated heterocycles. The van der Waals surface area contributed by atoms with Crippen LogP contribution in [0.1, 0.15) is 13.8 Å². The number of rotatable bonds is 25. The summed E-state index contributed by atoms with van der Waals surface area (Å²) >= 11 is 0. The van der Waals surface area contributed by atoms with Gasteiger partial charge in [0.15, 0.2) is 18.9 Å². The van der Waals surface area contributed by atoms with Gasteiger partial charge in [-0.15, -0.1) is 0 Å². The van der Waals surface area contributed by atoms with Crippen LogP contribution in [-0.2, 0) is 90.0 Å². The quantitative estimate of drug-likeness (QED) is 0.124. The first-order chi connectivity index (χ1) is 27.1. The van der Waals surface area contributed by atoms with Gasteiger partial charge in [0.1, 0.15) is 85.5 Å². The standard InChI is InChI=1S/C37H70O19/c1-19(41-6)24(26(43-8)21(42-7)16-38-3)54-35-32(49-14)29(46-11)25(20(2)51-35)55-37-34(31(48-13)28(45-10)23(53-37)18-40-5)56-36-33(50-15)30(47-12)27(44-9)22(52-36)17-39-4/h19-37H,16-18H2,1-15H3/t19-,20-,21-,22+,23+,24-,25+,26-,27-,28+,29+,30-,31-,32-,33+,34+,35-,36+,37+/m0/s1.